The molecule has 4 aromatic rings. The van der Waals surface area contributed by atoms with Gasteiger partial charge in [0.05, 0.1) is 18.9 Å². The van der Waals surface area contributed by atoms with Gasteiger partial charge in [-0.1, -0.05) is 24.3 Å². The number of fused-ring (bicyclic) bond motifs is 1. The summed E-state index contributed by atoms with van der Waals surface area (Å²) in [5.41, 5.74) is 4.61. The van der Waals surface area contributed by atoms with Crippen LogP contribution in [0.2, 0.25) is 0 Å². The summed E-state index contributed by atoms with van der Waals surface area (Å²) in [5.74, 6) is 0.688. The Morgan fingerprint density at radius 1 is 1.12 bits per heavy atom. The van der Waals surface area contributed by atoms with Gasteiger partial charge in [0.2, 0.25) is 0 Å². The number of rotatable bonds is 5. The standard InChI is InChI=1S/C20H18N4O2/c1-26-16-5-2-13(3-6-16)9-22-20(25)18-12-21-19-8-14(4-7-17(18)19)15-10-23-24-11-15/h2-8,10-12,21H,9H2,1H3,(H,22,25)(H,23,24). The van der Waals surface area contributed by atoms with Crippen LogP contribution < -0.4 is 10.1 Å². The number of carbonyl (C=O) groups excluding carboxylic acids is 1. The lowest BCUT2D eigenvalue weighted by Crippen LogP contribution is -2.22. The zero-order valence-corrected chi connectivity index (χ0v) is 14.2. The molecule has 0 saturated heterocycles. The normalized spacial score (nSPS) is 10.8. The minimum Gasteiger partial charge on any atom is -0.497 e. The maximum atomic E-state index is 12.6. The summed E-state index contributed by atoms with van der Waals surface area (Å²) >= 11 is 0. The summed E-state index contributed by atoms with van der Waals surface area (Å²) in [7, 11) is 1.63. The highest BCUT2D eigenvalue weighted by Crippen LogP contribution is 2.25. The smallest absolute Gasteiger partial charge is 0.253 e. The average Bonchev–Trinajstić information content (AvgIpc) is 3.35. The highest BCUT2D eigenvalue weighted by molar-refractivity contribution is 6.07. The number of aromatic amines is 2. The second-order valence-corrected chi connectivity index (χ2v) is 5.98. The van der Waals surface area contributed by atoms with Gasteiger partial charge in [0.1, 0.15) is 5.75 Å². The van der Waals surface area contributed by atoms with Crippen molar-refractivity contribution < 1.29 is 9.53 Å². The summed E-state index contributed by atoms with van der Waals surface area (Å²) in [6, 6.07) is 13.6. The van der Waals surface area contributed by atoms with Crippen molar-refractivity contribution in [2.75, 3.05) is 7.11 Å². The number of benzene rings is 2. The number of methoxy groups -OCH3 is 1. The van der Waals surface area contributed by atoms with Crippen molar-refractivity contribution in [1.29, 1.82) is 0 Å². The van der Waals surface area contributed by atoms with Gasteiger partial charge in [-0.05, 0) is 29.3 Å². The van der Waals surface area contributed by atoms with E-state index in [2.05, 4.69) is 20.5 Å². The Morgan fingerprint density at radius 2 is 1.96 bits per heavy atom. The first-order valence-electron chi connectivity index (χ1n) is 8.26. The number of ether oxygens (including phenoxy) is 1. The predicted molar refractivity (Wildman–Crippen MR) is 100 cm³/mol. The minimum absolute atomic E-state index is 0.108. The van der Waals surface area contributed by atoms with Crippen LogP contribution in [-0.2, 0) is 6.54 Å². The molecule has 6 heteroatoms. The summed E-state index contributed by atoms with van der Waals surface area (Å²) in [6.07, 6.45) is 5.35. The molecule has 2 heterocycles. The van der Waals surface area contributed by atoms with E-state index in [1.54, 1.807) is 19.5 Å². The lowest BCUT2D eigenvalue weighted by atomic mass is 10.1. The Labute approximate surface area is 150 Å². The fourth-order valence-corrected chi connectivity index (χ4v) is 2.92. The fourth-order valence-electron chi connectivity index (χ4n) is 2.92. The largest absolute Gasteiger partial charge is 0.497 e. The summed E-state index contributed by atoms with van der Waals surface area (Å²) in [6.45, 7) is 0.461. The molecule has 0 fully saturated rings. The Bertz CT molecular complexity index is 1030. The van der Waals surface area contributed by atoms with Crippen molar-refractivity contribution in [2.45, 2.75) is 6.54 Å². The van der Waals surface area contributed by atoms with Crippen LogP contribution in [0.15, 0.2) is 61.1 Å². The van der Waals surface area contributed by atoms with Gasteiger partial charge >= 0.3 is 0 Å². The molecule has 4 rings (SSSR count). The lowest BCUT2D eigenvalue weighted by molar-refractivity contribution is 0.0952. The van der Waals surface area contributed by atoms with Gasteiger partial charge in [-0.2, -0.15) is 5.10 Å². The van der Waals surface area contributed by atoms with Crippen molar-refractivity contribution >= 4 is 16.8 Å². The van der Waals surface area contributed by atoms with Crippen LogP contribution in [-0.4, -0.2) is 28.2 Å². The van der Waals surface area contributed by atoms with Crippen LogP contribution in [0.25, 0.3) is 22.0 Å². The number of amides is 1. The van der Waals surface area contributed by atoms with E-state index in [1.165, 1.54) is 0 Å². The van der Waals surface area contributed by atoms with E-state index in [1.807, 2.05) is 48.7 Å². The molecular formula is C20H18N4O2. The summed E-state index contributed by atoms with van der Waals surface area (Å²) in [5, 5.41) is 10.6. The van der Waals surface area contributed by atoms with Gasteiger partial charge in [0, 0.05) is 35.4 Å². The van der Waals surface area contributed by atoms with E-state index >= 15 is 0 Å². The SMILES string of the molecule is COc1ccc(CNC(=O)c2c[nH]c3cc(-c4cn[nH]c4)ccc23)cc1. The Morgan fingerprint density at radius 3 is 2.69 bits per heavy atom. The molecule has 0 spiro atoms. The van der Waals surface area contributed by atoms with E-state index in [9.17, 15) is 4.79 Å². The van der Waals surface area contributed by atoms with Crippen LogP contribution in [0.1, 0.15) is 15.9 Å². The molecule has 26 heavy (non-hydrogen) atoms. The Kier molecular flexibility index (Phi) is 4.15. The molecule has 0 radical (unpaired) electrons. The lowest BCUT2D eigenvalue weighted by Gasteiger charge is -2.06. The van der Waals surface area contributed by atoms with Gasteiger partial charge in [-0.25, -0.2) is 0 Å². The third-order valence-corrected chi connectivity index (χ3v) is 4.37. The Hall–Kier alpha value is -3.54. The molecule has 0 aliphatic heterocycles. The number of hydrogen-bond acceptors (Lipinski definition) is 3. The van der Waals surface area contributed by atoms with Crippen molar-refractivity contribution in [3.63, 3.8) is 0 Å². The first-order chi connectivity index (χ1) is 12.7. The molecule has 0 aliphatic carbocycles. The number of nitrogens with zero attached hydrogens (tertiary/aromatic N) is 1. The van der Waals surface area contributed by atoms with Crippen molar-refractivity contribution in [1.82, 2.24) is 20.5 Å². The second kappa shape index (κ2) is 6.76. The first kappa shape index (κ1) is 16.0. The molecule has 2 aromatic carbocycles. The fraction of sp³-hybridized carbons (Fsp3) is 0.100. The van der Waals surface area contributed by atoms with Crippen LogP contribution >= 0.6 is 0 Å². The summed E-state index contributed by atoms with van der Waals surface area (Å²) < 4.78 is 5.14. The highest BCUT2D eigenvalue weighted by Gasteiger charge is 2.12. The van der Waals surface area contributed by atoms with Crippen LogP contribution in [0.3, 0.4) is 0 Å². The predicted octanol–water partition coefficient (Wildman–Crippen LogP) is 3.50. The number of nitrogens with one attached hydrogen (secondary N) is 3. The Balaban J connectivity index is 1.51. The third kappa shape index (κ3) is 3.04. The van der Waals surface area contributed by atoms with Gasteiger partial charge in [0.25, 0.3) is 5.91 Å². The minimum atomic E-state index is -0.108. The highest BCUT2D eigenvalue weighted by atomic mass is 16.5. The van der Waals surface area contributed by atoms with E-state index in [0.29, 0.717) is 12.1 Å². The van der Waals surface area contributed by atoms with Gasteiger partial charge < -0.3 is 15.0 Å². The molecule has 0 atom stereocenters. The van der Waals surface area contributed by atoms with E-state index < -0.39 is 0 Å². The zero-order chi connectivity index (χ0) is 17.9. The quantitative estimate of drug-likeness (QED) is 0.517. The van der Waals surface area contributed by atoms with Crippen LogP contribution in [0.5, 0.6) is 5.75 Å². The first-order valence-corrected chi connectivity index (χ1v) is 8.26. The van der Waals surface area contributed by atoms with E-state index in [-0.39, 0.29) is 5.91 Å². The summed E-state index contributed by atoms with van der Waals surface area (Å²) in [4.78, 5) is 15.7. The maximum absolute atomic E-state index is 12.6. The van der Waals surface area contributed by atoms with E-state index in [0.717, 1.165) is 33.3 Å². The number of aromatic nitrogens is 3. The molecule has 0 unspecified atom stereocenters. The molecule has 3 N–H and O–H groups in total. The van der Waals surface area contributed by atoms with Gasteiger partial charge in [-0.3, -0.25) is 9.89 Å². The van der Waals surface area contributed by atoms with Crippen LogP contribution in [0, 0.1) is 0 Å². The second-order valence-electron chi connectivity index (χ2n) is 5.98. The van der Waals surface area contributed by atoms with Crippen LogP contribution in [0.4, 0.5) is 0 Å². The van der Waals surface area contributed by atoms with E-state index in [4.69, 9.17) is 4.74 Å². The molecule has 6 nitrogen and oxygen atoms in total. The maximum Gasteiger partial charge on any atom is 0.253 e. The number of hydrogen-bond donors (Lipinski definition) is 3. The number of H-pyrrole nitrogens is 2. The monoisotopic (exact) mass is 346 g/mol. The van der Waals surface area contributed by atoms with Crippen molar-refractivity contribution in [3.05, 3.63) is 72.2 Å². The third-order valence-electron chi connectivity index (χ3n) is 4.37. The molecule has 0 aliphatic rings. The number of carbonyl (C=O) groups is 1. The average molecular weight is 346 g/mol. The zero-order valence-electron chi connectivity index (χ0n) is 14.2. The van der Waals surface area contributed by atoms with Crippen molar-refractivity contribution in [2.24, 2.45) is 0 Å². The molecule has 0 bridgehead atoms. The van der Waals surface area contributed by atoms with Crippen molar-refractivity contribution in [3.8, 4) is 16.9 Å². The molecular weight excluding hydrogens is 328 g/mol. The molecule has 2 aromatic heterocycles. The topological polar surface area (TPSA) is 82.8 Å². The molecule has 1 amide bonds. The molecule has 0 saturated carbocycles. The van der Waals surface area contributed by atoms with Gasteiger partial charge in [-0.15, -0.1) is 0 Å². The van der Waals surface area contributed by atoms with Gasteiger partial charge in [0.15, 0.2) is 0 Å². The molecule has 130 valence electrons.